The second-order valence-corrected chi connectivity index (χ2v) is 18.3. The number of anilines is 3. The molecule has 1 heterocycles. The number of hydrogen-bond donors (Lipinski definition) is 2. The van der Waals surface area contributed by atoms with Gasteiger partial charge in [0.1, 0.15) is 0 Å². The predicted octanol–water partition coefficient (Wildman–Crippen LogP) is 15.4. The molecule has 0 fully saturated rings. The van der Waals surface area contributed by atoms with Gasteiger partial charge in [0.2, 0.25) is 0 Å². The fourth-order valence-corrected chi connectivity index (χ4v) is 11.6. The van der Waals surface area contributed by atoms with Crippen molar-refractivity contribution in [2.45, 2.75) is 23.3 Å². The number of nitrogens with zero attached hydrogens (tertiary/aromatic N) is 1. The van der Waals surface area contributed by atoms with Crippen molar-refractivity contribution in [3.8, 4) is 33.4 Å². The molecule has 0 radical (unpaired) electrons. The van der Waals surface area contributed by atoms with Gasteiger partial charge in [-0.25, -0.2) is 0 Å². The first-order chi connectivity index (χ1) is 33.6. The molecule has 4 N–H and O–H groups in total. The average molecular weight is 874 g/mol. The van der Waals surface area contributed by atoms with Crippen LogP contribution in [0.4, 0.5) is 17.1 Å². The number of allylic oxidation sites excluding steroid dienone is 4. The molecule has 0 aromatic heterocycles. The SMILES string of the molecule is N/C(=C\[C@@H](c1ccc(-c2ccccc2)cc1)C(N)c1ccccc1-c1ccc(-c2ccc3c(c2)C2(c4ccccc4N(c4ccccc4)c4ccccc42)C2C=CC=CC32)cc1)c1ccccc1. The topological polar surface area (TPSA) is 55.3 Å². The third-order valence-corrected chi connectivity index (χ3v) is 14.7. The lowest BCUT2D eigenvalue weighted by Crippen LogP contribution is -2.40. The normalized spacial score (nSPS) is 17.2. The molecule has 0 saturated carbocycles. The molecule has 0 amide bonds. The third-order valence-electron chi connectivity index (χ3n) is 14.7. The average Bonchev–Trinajstić information content (AvgIpc) is 3.71. The zero-order chi connectivity index (χ0) is 45.6. The third kappa shape index (κ3) is 6.86. The van der Waals surface area contributed by atoms with E-state index in [0.29, 0.717) is 5.70 Å². The first-order valence-corrected chi connectivity index (χ1v) is 23.7. The van der Waals surface area contributed by atoms with Gasteiger partial charge in [0, 0.05) is 35.2 Å². The van der Waals surface area contributed by atoms with Gasteiger partial charge in [0.15, 0.2) is 0 Å². The summed E-state index contributed by atoms with van der Waals surface area (Å²) in [6.45, 7) is 0. The maximum Gasteiger partial charge on any atom is 0.0567 e. The summed E-state index contributed by atoms with van der Waals surface area (Å²) in [6, 6.07) is 82.9. The number of rotatable bonds is 9. The molecular weight excluding hydrogens is 823 g/mol. The number of para-hydroxylation sites is 3. The molecule has 9 aromatic carbocycles. The summed E-state index contributed by atoms with van der Waals surface area (Å²) in [4.78, 5) is 2.45. The lowest BCUT2D eigenvalue weighted by Gasteiger charge is -2.47. The van der Waals surface area contributed by atoms with Crippen LogP contribution in [-0.4, -0.2) is 0 Å². The van der Waals surface area contributed by atoms with Crippen LogP contribution in [0.1, 0.15) is 56.8 Å². The number of fused-ring (bicyclic) bond motifs is 9. The summed E-state index contributed by atoms with van der Waals surface area (Å²) in [5.74, 6) is 0.270. The summed E-state index contributed by atoms with van der Waals surface area (Å²) in [6.07, 6.45) is 11.5. The van der Waals surface area contributed by atoms with Gasteiger partial charge >= 0.3 is 0 Å². The molecule has 1 spiro atoms. The molecule has 12 rings (SSSR count). The second-order valence-electron chi connectivity index (χ2n) is 18.3. The minimum atomic E-state index is -0.401. The Balaban J connectivity index is 0.931. The van der Waals surface area contributed by atoms with E-state index in [1.807, 2.05) is 24.3 Å². The zero-order valence-corrected chi connectivity index (χ0v) is 37.7. The fourth-order valence-electron chi connectivity index (χ4n) is 11.6. The van der Waals surface area contributed by atoms with E-state index in [2.05, 4.69) is 242 Å². The minimum absolute atomic E-state index is 0.192. The Labute approximate surface area is 399 Å². The van der Waals surface area contributed by atoms with E-state index in [4.69, 9.17) is 11.5 Å². The lowest BCUT2D eigenvalue weighted by molar-refractivity contribution is 0.454. The largest absolute Gasteiger partial charge is 0.398 e. The molecule has 0 saturated heterocycles. The summed E-state index contributed by atoms with van der Waals surface area (Å²) in [7, 11) is 0. The zero-order valence-electron chi connectivity index (χ0n) is 37.7. The Morgan fingerprint density at radius 2 is 1.01 bits per heavy atom. The van der Waals surface area contributed by atoms with Crippen LogP contribution in [0.15, 0.2) is 261 Å². The van der Waals surface area contributed by atoms with Gasteiger partial charge in [0.05, 0.1) is 16.8 Å². The summed E-state index contributed by atoms with van der Waals surface area (Å²) in [5.41, 5.74) is 33.8. The highest BCUT2D eigenvalue weighted by Gasteiger charge is 2.57. The van der Waals surface area contributed by atoms with Gasteiger partial charge in [-0.05, 0) is 103 Å². The monoisotopic (exact) mass is 873 g/mol. The number of nitrogens with two attached hydrogens (primary N) is 2. The van der Waals surface area contributed by atoms with Gasteiger partial charge in [-0.15, -0.1) is 0 Å². The molecule has 1 aliphatic heterocycles. The van der Waals surface area contributed by atoms with Crippen LogP contribution >= 0.6 is 0 Å². The highest BCUT2D eigenvalue weighted by molar-refractivity contribution is 5.89. The fraction of sp³-hybridized carbons (Fsp3) is 0.0769. The van der Waals surface area contributed by atoms with E-state index < -0.39 is 5.41 Å². The van der Waals surface area contributed by atoms with Crippen molar-refractivity contribution in [2.24, 2.45) is 17.4 Å². The van der Waals surface area contributed by atoms with Crippen molar-refractivity contribution in [1.82, 2.24) is 0 Å². The van der Waals surface area contributed by atoms with Crippen molar-refractivity contribution >= 4 is 22.8 Å². The first kappa shape index (κ1) is 41.2. The molecule has 4 atom stereocenters. The van der Waals surface area contributed by atoms with E-state index in [1.54, 1.807) is 0 Å². The molecule has 68 heavy (non-hydrogen) atoms. The Bertz CT molecular complexity index is 3320. The predicted molar refractivity (Wildman–Crippen MR) is 283 cm³/mol. The smallest absolute Gasteiger partial charge is 0.0567 e. The number of benzene rings is 9. The molecule has 3 unspecified atom stereocenters. The van der Waals surface area contributed by atoms with Crippen LogP contribution in [0.25, 0.3) is 39.1 Å². The first-order valence-electron chi connectivity index (χ1n) is 23.7. The highest BCUT2D eigenvalue weighted by atomic mass is 15.2. The molecule has 3 aliphatic rings. The van der Waals surface area contributed by atoms with Crippen molar-refractivity contribution in [3.05, 3.63) is 300 Å². The van der Waals surface area contributed by atoms with Crippen LogP contribution in [0, 0.1) is 5.92 Å². The van der Waals surface area contributed by atoms with Gasteiger partial charge in [-0.2, -0.15) is 0 Å². The Morgan fingerprint density at radius 3 is 1.72 bits per heavy atom. The van der Waals surface area contributed by atoms with E-state index in [-0.39, 0.29) is 23.8 Å². The highest BCUT2D eigenvalue weighted by Crippen LogP contribution is 2.66. The van der Waals surface area contributed by atoms with Gasteiger partial charge < -0.3 is 16.4 Å². The summed E-state index contributed by atoms with van der Waals surface area (Å²) >= 11 is 0. The van der Waals surface area contributed by atoms with Crippen molar-refractivity contribution in [2.75, 3.05) is 4.90 Å². The summed E-state index contributed by atoms with van der Waals surface area (Å²) in [5, 5.41) is 0. The van der Waals surface area contributed by atoms with Crippen LogP contribution in [0.3, 0.4) is 0 Å². The van der Waals surface area contributed by atoms with Crippen molar-refractivity contribution in [1.29, 1.82) is 0 Å². The summed E-state index contributed by atoms with van der Waals surface area (Å²) < 4.78 is 0. The molecule has 326 valence electrons. The van der Waals surface area contributed by atoms with Crippen molar-refractivity contribution in [3.63, 3.8) is 0 Å². The maximum atomic E-state index is 7.47. The van der Waals surface area contributed by atoms with Crippen molar-refractivity contribution < 1.29 is 0 Å². The number of hydrogen-bond acceptors (Lipinski definition) is 3. The molecule has 3 nitrogen and oxygen atoms in total. The quantitative estimate of drug-likeness (QED) is 0.152. The van der Waals surface area contributed by atoms with Crippen LogP contribution < -0.4 is 16.4 Å². The van der Waals surface area contributed by atoms with Crippen LogP contribution in [-0.2, 0) is 5.41 Å². The molecule has 9 aromatic rings. The van der Waals surface area contributed by atoms with Gasteiger partial charge in [0.25, 0.3) is 0 Å². The maximum absolute atomic E-state index is 7.47. The van der Waals surface area contributed by atoms with E-state index in [9.17, 15) is 0 Å². The van der Waals surface area contributed by atoms with E-state index >= 15 is 0 Å². The Morgan fingerprint density at radius 1 is 0.485 bits per heavy atom. The standard InChI is InChI=1S/C65H51N3/c66-61(49-20-6-2-7-21-49)43-56(48-38-32-45(33-39-48)44-18-4-1-5-19-44)64(67)55-26-11-10-24-52(55)47-36-34-46(35-37-47)50-40-41-54-53-25-12-13-27-57(53)65(60(54)42-50)58-28-14-16-30-62(58)68(51-22-8-3-9-23-51)63-31-17-15-29-59(63)65/h1-43,53,56-57,64H,66-67H2/b61-43-/t53?,56-,57?,64?/m0/s1. The lowest BCUT2D eigenvalue weighted by atomic mass is 9.60. The van der Waals surface area contributed by atoms with E-state index in [1.165, 1.54) is 50.3 Å². The second kappa shape index (κ2) is 17.2. The Kier molecular flexibility index (Phi) is 10.4. The van der Waals surface area contributed by atoms with Crippen LogP contribution in [0.2, 0.25) is 0 Å². The molecule has 0 bridgehead atoms. The molecular formula is C65H51N3. The van der Waals surface area contributed by atoms with E-state index in [0.717, 1.165) is 39.1 Å². The van der Waals surface area contributed by atoms with Gasteiger partial charge in [-0.1, -0.05) is 231 Å². The molecule has 2 aliphatic carbocycles. The van der Waals surface area contributed by atoms with Gasteiger partial charge in [-0.3, -0.25) is 0 Å². The van der Waals surface area contributed by atoms with Crippen LogP contribution in [0.5, 0.6) is 0 Å². The minimum Gasteiger partial charge on any atom is -0.398 e. The Hall–Kier alpha value is -8.24. The molecule has 3 heteroatoms.